The molecule has 3 aromatic heterocycles. The molecule has 0 atom stereocenters. The zero-order chi connectivity index (χ0) is 24.6. The van der Waals surface area contributed by atoms with Crippen LogP contribution in [0.2, 0.25) is 0 Å². The van der Waals surface area contributed by atoms with Gasteiger partial charge in [0.15, 0.2) is 0 Å². The SMILES string of the molecule is COc1cccc(F)c1CN1CC(n2nnc3cc(-c4ccnc(Nc5ccnn5C)n4)ccc32)C1. The summed E-state index contributed by atoms with van der Waals surface area (Å²) in [7, 11) is 3.41. The Hall–Kier alpha value is -4.38. The van der Waals surface area contributed by atoms with Crippen LogP contribution in [0, 0.1) is 5.82 Å². The number of benzene rings is 2. The minimum absolute atomic E-state index is 0.173. The van der Waals surface area contributed by atoms with E-state index in [2.05, 4.69) is 35.6 Å². The second-order valence-electron chi connectivity index (χ2n) is 8.74. The Labute approximate surface area is 206 Å². The molecule has 1 saturated heterocycles. The number of halogens is 1. The van der Waals surface area contributed by atoms with E-state index in [4.69, 9.17) is 4.74 Å². The van der Waals surface area contributed by atoms with Gasteiger partial charge in [-0.25, -0.2) is 19.0 Å². The van der Waals surface area contributed by atoms with Crippen molar-refractivity contribution in [2.24, 2.45) is 7.05 Å². The lowest BCUT2D eigenvalue weighted by molar-refractivity contribution is 0.0902. The summed E-state index contributed by atoms with van der Waals surface area (Å²) in [5, 5.41) is 16.1. The van der Waals surface area contributed by atoms with Gasteiger partial charge < -0.3 is 10.1 Å². The second kappa shape index (κ2) is 9.00. The Morgan fingerprint density at radius 2 is 2.00 bits per heavy atom. The molecular formula is C25H24FN9O. The fourth-order valence-electron chi connectivity index (χ4n) is 4.50. The van der Waals surface area contributed by atoms with E-state index in [0.29, 0.717) is 23.8 Å². The van der Waals surface area contributed by atoms with Crippen molar-refractivity contribution in [3.8, 4) is 17.0 Å². The maximum atomic E-state index is 14.3. The van der Waals surface area contributed by atoms with E-state index in [1.54, 1.807) is 36.3 Å². The number of fused-ring (bicyclic) bond motifs is 1. The van der Waals surface area contributed by atoms with Gasteiger partial charge in [0.25, 0.3) is 0 Å². The molecule has 36 heavy (non-hydrogen) atoms. The Kier molecular flexibility index (Phi) is 5.53. The Bertz CT molecular complexity index is 1540. The molecule has 0 aliphatic carbocycles. The van der Waals surface area contributed by atoms with Crippen LogP contribution >= 0.6 is 0 Å². The smallest absolute Gasteiger partial charge is 0.228 e. The molecule has 1 fully saturated rings. The monoisotopic (exact) mass is 485 g/mol. The lowest BCUT2D eigenvalue weighted by Crippen LogP contribution is -2.47. The Morgan fingerprint density at radius 3 is 2.81 bits per heavy atom. The fourth-order valence-corrected chi connectivity index (χ4v) is 4.50. The second-order valence-corrected chi connectivity index (χ2v) is 8.74. The van der Waals surface area contributed by atoms with Crippen LogP contribution in [-0.2, 0) is 13.6 Å². The summed E-state index contributed by atoms with van der Waals surface area (Å²) < 4.78 is 23.3. The van der Waals surface area contributed by atoms with Crippen molar-refractivity contribution in [1.82, 2.24) is 39.6 Å². The van der Waals surface area contributed by atoms with Crippen molar-refractivity contribution in [1.29, 1.82) is 0 Å². The van der Waals surface area contributed by atoms with Gasteiger partial charge >= 0.3 is 0 Å². The number of hydrogen-bond acceptors (Lipinski definition) is 8. The van der Waals surface area contributed by atoms with Gasteiger partial charge in [-0.2, -0.15) is 5.10 Å². The highest BCUT2D eigenvalue weighted by Crippen LogP contribution is 2.31. The number of anilines is 2. The summed E-state index contributed by atoms with van der Waals surface area (Å²) in [4.78, 5) is 11.1. The minimum atomic E-state index is -0.250. The third-order valence-corrected chi connectivity index (χ3v) is 6.44. The first-order chi connectivity index (χ1) is 17.6. The molecule has 10 nitrogen and oxygen atoms in total. The van der Waals surface area contributed by atoms with Crippen LogP contribution in [0.4, 0.5) is 16.2 Å². The summed E-state index contributed by atoms with van der Waals surface area (Å²) in [6.45, 7) is 2.01. The number of nitrogens with zero attached hydrogens (tertiary/aromatic N) is 8. The van der Waals surface area contributed by atoms with Crippen LogP contribution < -0.4 is 10.1 Å². The largest absolute Gasteiger partial charge is 0.496 e. The molecule has 5 aromatic rings. The molecule has 0 bridgehead atoms. The minimum Gasteiger partial charge on any atom is -0.496 e. The highest BCUT2D eigenvalue weighted by Gasteiger charge is 2.31. The van der Waals surface area contributed by atoms with Crippen LogP contribution in [0.3, 0.4) is 0 Å². The quantitative estimate of drug-likeness (QED) is 0.374. The lowest BCUT2D eigenvalue weighted by atomic mass is 10.1. The molecular weight excluding hydrogens is 461 g/mol. The molecule has 182 valence electrons. The Morgan fingerprint density at radius 1 is 1.11 bits per heavy atom. The highest BCUT2D eigenvalue weighted by molar-refractivity contribution is 5.81. The summed E-state index contributed by atoms with van der Waals surface area (Å²) in [6, 6.07) is 14.8. The third kappa shape index (κ3) is 4.03. The summed E-state index contributed by atoms with van der Waals surface area (Å²) in [5.74, 6) is 1.61. The maximum Gasteiger partial charge on any atom is 0.228 e. The Balaban J connectivity index is 1.17. The zero-order valence-corrected chi connectivity index (χ0v) is 19.8. The number of hydrogen-bond donors (Lipinski definition) is 1. The van der Waals surface area contributed by atoms with Crippen LogP contribution in [-0.4, -0.2) is 59.8 Å². The number of aromatic nitrogens is 7. The molecule has 1 aliphatic heterocycles. The van der Waals surface area contributed by atoms with Gasteiger partial charge in [-0.15, -0.1) is 5.10 Å². The van der Waals surface area contributed by atoms with Gasteiger partial charge in [-0.1, -0.05) is 17.3 Å². The summed E-state index contributed by atoms with van der Waals surface area (Å²) >= 11 is 0. The molecule has 4 heterocycles. The van der Waals surface area contributed by atoms with E-state index < -0.39 is 0 Å². The number of ether oxygens (including phenoxy) is 1. The van der Waals surface area contributed by atoms with Gasteiger partial charge in [0.05, 0.1) is 30.6 Å². The van der Waals surface area contributed by atoms with E-state index in [1.807, 2.05) is 42.1 Å². The highest BCUT2D eigenvalue weighted by atomic mass is 19.1. The van der Waals surface area contributed by atoms with Gasteiger partial charge in [0, 0.05) is 50.1 Å². The molecule has 0 amide bonds. The van der Waals surface area contributed by atoms with E-state index in [-0.39, 0.29) is 11.9 Å². The van der Waals surface area contributed by atoms with Gasteiger partial charge in [-0.3, -0.25) is 9.58 Å². The van der Waals surface area contributed by atoms with E-state index in [9.17, 15) is 4.39 Å². The predicted molar refractivity (Wildman–Crippen MR) is 132 cm³/mol. The molecule has 1 aliphatic rings. The average Bonchev–Trinajstić information content (AvgIpc) is 3.47. The molecule has 2 aromatic carbocycles. The fraction of sp³-hybridized carbons (Fsp3) is 0.240. The van der Waals surface area contributed by atoms with E-state index in [1.165, 1.54) is 6.07 Å². The van der Waals surface area contributed by atoms with Crippen molar-refractivity contribution in [2.45, 2.75) is 12.6 Å². The molecule has 0 unspecified atom stereocenters. The van der Waals surface area contributed by atoms with Crippen molar-refractivity contribution in [3.05, 3.63) is 72.3 Å². The van der Waals surface area contributed by atoms with Crippen LogP contribution in [0.15, 0.2) is 60.9 Å². The molecule has 0 spiro atoms. The lowest BCUT2D eigenvalue weighted by Gasteiger charge is -2.39. The zero-order valence-electron chi connectivity index (χ0n) is 19.8. The molecule has 6 rings (SSSR count). The molecule has 11 heteroatoms. The predicted octanol–water partition coefficient (Wildman–Crippen LogP) is 3.57. The number of aryl methyl sites for hydroxylation is 1. The molecule has 0 saturated carbocycles. The summed E-state index contributed by atoms with van der Waals surface area (Å²) in [6.07, 6.45) is 3.43. The van der Waals surface area contributed by atoms with Crippen LogP contribution in [0.25, 0.3) is 22.3 Å². The van der Waals surface area contributed by atoms with Crippen LogP contribution in [0.5, 0.6) is 5.75 Å². The first-order valence-electron chi connectivity index (χ1n) is 11.6. The van der Waals surface area contributed by atoms with Gasteiger partial charge in [0.2, 0.25) is 5.95 Å². The standard InChI is InChI=1S/C25H24FN9O/c1-33-24(9-11-28-33)30-25-27-10-8-20(29-25)16-6-7-22-21(12-16)31-32-35(22)17-13-34(14-17)15-18-19(26)4-3-5-23(18)36-2/h3-12,17H,13-15H2,1-2H3,(H,27,29,30). The van der Waals surface area contributed by atoms with E-state index >= 15 is 0 Å². The van der Waals surface area contributed by atoms with Crippen molar-refractivity contribution in [3.63, 3.8) is 0 Å². The van der Waals surface area contributed by atoms with Crippen molar-refractivity contribution in [2.75, 3.05) is 25.5 Å². The third-order valence-electron chi connectivity index (χ3n) is 6.44. The number of likely N-dealkylation sites (tertiary alicyclic amines) is 1. The van der Waals surface area contributed by atoms with Gasteiger partial charge in [-0.05, 0) is 30.3 Å². The first-order valence-corrected chi connectivity index (χ1v) is 11.6. The average molecular weight is 486 g/mol. The number of methoxy groups -OCH3 is 1. The molecule has 0 radical (unpaired) electrons. The van der Waals surface area contributed by atoms with Crippen molar-refractivity contribution < 1.29 is 9.13 Å². The van der Waals surface area contributed by atoms with Crippen molar-refractivity contribution >= 4 is 22.8 Å². The van der Waals surface area contributed by atoms with E-state index in [0.717, 1.165) is 41.2 Å². The maximum absolute atomic E-state index is 14.3. The number of rotatable bonds is 7. The summed E-state index contributed by atoms with van der Waals surface area (Å²) in [5.41, 5.74) is 4.02. The molecule has 1 N–H and O–H groups in total. The number of nitrogens with one attached hydrogen (secondary N) is 1. The topological polar surface area (TPSA) is 98.8 Å². The van der Waals surface area contributed by atoms with Crippen LogP contribution in [0.1, 0.15) is 11.6 Å². The van der Waals surface area contributed by atoms with Gasteiger partial charge in [0.1, 0.15) is 22.9 Å². The first kappa shape index (κ1) is 22.1. The normalized spacial score (nSPS) is 14.2.